The smallest absolute Gasteiger partial charge is 0.254 e. The number of hydrogen-bond donors (Lipinski definition) is 0. The fourth-order valence-electron chi connectivity index (χ4n) is 1.94. The standard InChI is InChI=1S/C16H15N3O/c1-2-19(12-13-6-4-3-5-7-13)16(20)14-8-9-18-15(10-14)11-17/h3-10H,2,12H2,1H3. The van der Waals surface area contributed by atoms with Crippen molar-refractivity contribution >= 4 is 5.91 Å². The Kier molecular flexibility index (Phi) is 4.46. The highest BCUT2D eigenvalue weighted by molar-refractivity contribution is 5.94. The number of benzene rings is 1. The van der Waals surface area contributed by atoms with Gasteiger partial charge in [-0.25, -0.2) is 4.98 Å². The van der Waals surface area contributed by atoms with E-state index in [2.05, 4.69) is 4.98 Å². The highest BCUT2D eigenvalue weighted by Gasteiger charge is 2.15. The van der Waals surface area contributed by atoms with Crippen LogP contribution in [0, 0.1) is 11.3 Å². The number of hydrogen-bond acceptors (Lipinski definition) is 3. The Bertz CT molecular complexity index is 632. The Labute approximate surface area is 118 Å². The van der Waals surface area contributed by atoms with Gasteiger partial charge in [0.1, 0.15) is 11.8 Å². The second-order valence-corrected chi connectivity index (χ2v) is 4.35. The SMILES string of the molecule is CCN(Cc1ccccc1)C(=O)c1ccnc(C#N)c1. The highest BCUT2D eigenvalue weighted by atomic mass is 16.2. The molecule has 1 aromatic carbocycles. The highest BCUT2D eigenvalue weighted by Crippen LogP contribution is 2.10. The van der Waals surface area contributed by atoms with Crippen molar-refractivity contribution in [3.8, 4) is 6.07 Å². The molecule has 0 radical (unpaired) electrons. The van der Waals surface area contributed by atoms with E-state index in [1.807, 2.05) is 43.3 Å². The van der Waals surface area contributed by atoms with Crippen LogP contribution in [0.5, 0.6) is 0 Å². The Morgan fingerprint density at radius 1 is 1.30 bits per heavy atom. The number of carbonyl (C=O) groups excluding carboxylic acids is 1. The van der Waals surface area contributed by atoms with Gasteiger partial charge >= 0.3 is 0 Å². The first-order valence-electron chi connectivity index (χ1n) is 6.44. The minimum Gasteiger partial charge on any atom is -0.335 e. The summed E-state index contributed by atoms with van der Waals surface area (Å²) in [6.07, 6.45) is 1.49. The quantitative estimate of drug-likeness (QED) is 0.853. The molecule has 2 aromatic rings. The van der Waals surface area contributed by atoms with E-state index in [9.17, 15) is 4.79 Å². The average Bonchev–Trinajstić information content (AvgIpc) is 2.53. The van der Waals surface area contributed by atoms with Crippen molar-refractivity contribution in [2.45, 2.75) is 13.5 Å². The number of pyridine rings is 1. The van der Waals surface area contributed by atoms with Crippen molar-refractivity contribution < 1.29 is 4.79 Å². The molecule has 100 valence electrons. The van der Waals surface area contributed by atoms with Crippen molar-refractivity contribution in [1.29, 1.82) is 5.26 Å². The van der Waals surface area contributed by atoms with E-state index < -0.39 is 0 Å². The molecule has 0 aliphatic carbocycles. The Morgan fingerprint density at radius 2 is 2.05 bits per heavy atom. The summed E-state index contributed by atoms with van der Waals surface area (Å²) < 4.78 is 0. The van der Waals surface area contributed by atoms with Gasteiger partial charge in [-0.3, -0.25) is 4.79 Å². The van der Waals surface area contributed by atoms with Gasteiger partial charge in [-0.1, -0.05) is 30.3 Å². The predicted molar refractivity (Wildman–Crippen MR) is 75.8 cm³/mol. The summed E-state index contributed by atoms with van der Waals surface area (Å²) in [6, 6.07) is 14.9. The Hall–Kier alpha value is -2.67. The summed E-state index contributed by atoms with van der Waals surface area (Å²) in [6.45, 7) is 3.10. The van der Waals surface area contributed by atoms with E-state index in [1.165, 1.54) is 12.3 Å². The van der Waals surface area contributed by atoms with Crippen molar-refractivity contribution in [3.05, 3.63) is 65.5 Å². The zero-order valence-electron chi connectivity index (χ0n) is 11.3. The molecule has 0 saturated heterocycles. The third-order valence-corrected chi connectivity index (χ3v) is 3.01. The van der Waals surface area contributed by atoms with E-state index in [4.69, 9.17) is 5.26 Å². The lowest BCUT2D eigenvalue weighted by atomic mass is 10.1. The number of aromatic nitrogens is 1. The van der Waals surface area contributed by atoms with E-state index in [0.29, 0.717) is 18.7 Å². The molecule has 1 aromatic heterocycles. The predicted octanol–water partition coefficient (Wildman–Crippen LogP) is 2.62. The van der Waals surface area contributed by atoms with Crippen molar-refractivity contribution in [2.24, 2.45) is 0 Å². The zero-order valence-corrected chi connectivity index (χ0v) is 11.3. The largest absolute Gasteiger partial charge is 0.335 e. The molecular weight excluding hydrogens is 250 g/mol. The first-order valence-corrected chi connectivity index (χ1v) is 6.44. The fraction of sp³-hybridized carbons (Fsp3) is 0.188. The topological polar surface area (TPSA) is 57.0 Å². The van der Waals surface area contributed by atoms with E-state index in [0.717, 1.165) is 5.56 Å². The van der Waals surface area contributed by atoms with Gasteiger partial charge in [-0.2, -0.15) is 5.26 Å². The summed E-state index contributed by atoms with van der Waals surface area (Å²) in [4.78, 5) is 18.1. The van der Waals surface area contributed by atoms with Crippen LogP contribution in [0.2, 0.25) is 0 Å². The summed E-state index contributed by atoms with van der Waals surface area (Å²) in [7, 11) is 0. The number of nitrogens with zero attached hydrogens (tertiary/aromatic N) is 3. The van der Waals surface area contributed by atoms with Crippen LogP contribution in [0.3, 0.4) is 0 Å². The normalized spacial score (nSPS) is 9.80. The number of nitriles is 1. The fourth-order valence-corrected chi connectivity index (χ4v) is 1.94. The van der Waals surface area contributed by atoms with Crippen molar-refractivity contribution in [1.82, 2.24) is 9.88 Å². The maximum absolute atomic E-state index is 12.4. The first-order chi connectivity index (χ1) is 9.74. The van der Waals surface area contributed by atoms with Crippen LogP contribution in [0.15, 0.2) is 48.7 Å². The Balaban J connectivity index is 2.19. The van der Waals surface area contributed by atoms with Crippen LogP contribution in [-0.4, -0.2) is 22.3 Å². The van der Waals surface area contributed by atoms with Crippen LogP contribution in [0.4, 0.5) is 0 Å². The average molecular weight is 265 g/mol. The first kappa shape index (κ1) is 13.8. The second kappa shape index (κ2) is 6.48. The Morgan fingerprint density at radius 3 is 2.70 bits per heavy atom. The van der Waals surface area contributed by atoms with Crippen molar-refractivity contribution in [3.63, 3.8) is 0 Å². The van der Waals surface area contributed by atoms with Gasteiger partial charge in [0.05, 0.1) is 0 Å². The molecule has 0 aliphatic rings. The second-order valence-electron chi connectivity index (χ2n) is 4.35. The van der Waals surface area contributed by atoms with E-state index in [-0.39, 0.29) is 11.6 Å². The lowest BCUT2D eigenvalue weighted by Crippen LogP contribution is -2.30. The molecule has 1 heterocycles. The third-order valence-electron chi connectivity index (χ3n) is 3.01. The minimum absolute atomic E-state index is 0.0877. The number of amides is 1. The molecular formula is C16H15N3O. The molecule has 20 heavy (non-hydrogen) atoms. The molecule has 0 saturated carbocycles. The molecule has 0 aliphatic heterocycles. The molecule has 0 unspecified atom stereocenters. The zero-order chi connectivity index (χ0) is 14.4. The van der Waals surface area contributed by atoms with Crippen LogP contribution in [-0.2, 0) is 6.54 Å². The molecule has 0 bridgehead atoms. The minimum atomic E-state index is -0.0877. The van der Waals surface area contributed by atoms with Gasteiger partial charge in [0.2, 0.25) is 0 Å². The van der Waals surface area contributed by atoms with Gasteiger partial charge in [0.25, 0.3) is 5.91 Å². The lowest BCUT2D eigenvalue weighted by molar-refractivity contribution is 0.0752. The molecule has 4 nitrogen and oxygen atoms in total. The summed E-state index contributed by atoms with van der Waals surface area (Å²) in [5.74, 6) is -0.0877. The number of rotatable bonds is 4. The molecule has 0 fully saturated rings. The summed E-state index contributed by atoms with van der Waals surface area (Å²) in [5.41, 5.74) is 1.83. The molecule has 2 rings (SSSR count). The van der Waals surface area contributed by atoms with Crippen LogP contribution in [0.1, 0.15) is 28.5 Å². The molecule has 0 N–H and O–H groups in total. The third kappa shape index (κ3) is 3.21. The van der Waals surface area contributed by atoms with Gasteiger partial charge in [0.15, 0.2) is 0 Å². The van der Waals surface area contributed by atoms with Gasteiger partial charge in [-0.05, 0) is 24.6 Å². The summed E-state index contributed by atoms with van der Waals surface area (Å²) in [5, 5.41) is 8.84. The molecule has 4 heteroatoms. The monoisotopic (exact) mass is 265 g/mol. The van der Waals surface area contributed by atoms with Gasteiger partial charge < -0.3 is 4.90 Å². The van der Waals surface area contributed by atoms with Crippen molar-refractivity contribution in [2.75, 3.05) is 6.54 Å². The molecule has 0 spiro atoms. The number of carbonyl (C=O) groups is 1. The van der Waals surface area contributed by atoms with E-state index >= 15 is 0 Å². The molecule has 0 atom stereocenters. The molecule has 1 amide bonds. The van der Waals surface area contributed by atoms with Crippen LogP contribution < -0.4 is 0 Å². The maximum Gasteiger partial charge on any atom is 0.254 e. The van der Waals surface area contributed by atoms with Gasteiger partial charge in [-0.15, -0.1) is 0 Å². The maximum atomic E-state index is 12.4. The summed E-state index contributed by atoms with van der Waals surface area (Å²) >= 11 is 0. The van der Waals surface area contributed by atoms with Crippen LogP contribution in [0.25, 0.3) is 0 Å². The van der Waals surface area contributed by atoms with Gasteiger partial charge in [0, 0.05) is 24.8 Å². The van der Waals surface area contributed by atoms with Crippen LogP contribution >= 0.6 is 0 Å². The van der Waals surface area contributed by atoms with E-state index in [1.54, 1.807) is 11.0 Å². The lowest BCUT2D eigenvalue weighted by Gasteiger charge is -2.21.